The number of alkyl halides is 2. The average molecular weight is 416 g/mol. The lowest BCUT2D eigenvalue weighted by atomic mass is 9.64. The summed E-state index contributed by atoms with van der Waals surface area (Å²) in [5.41, 5.74) is 0.273. The molecule has 8 heteroatoms. The number of carbonyl (C=O) groups excluding carboxylic acids is 1. The number of amides is 1. The van der Waals surface area contributed by atoms with E-state index < -0.39 is 5.92 Å². The summed E-state index contributed by atoms with van der Waals surface area (Å²) in [6, 6.07) is 0.651. The van der Waals surface area contributed by atoms with Gasteiger partial charge in [-0.15, -0.1) is 0 Å². The summed E-state index contributed by atoms with van der Waals surface area (Å²) in [5.74, 6) is -2.59. The Bertz CT molecular complexity index is 592. The summed E-state index contributed by atoms with van der Waals surface area (Å²) in [6.45, 7) is 6.11. The number of halogens is 2. The second-order valence-electron chi connectivity index (χ2n) is 9.54. The molecule has 1 saturated carbocycles. The van der Waals surface area contributed by atoms with Crippen molar-refractivity contribution in [3.8, 4) is 0 Å². The minimum Gasteiger partial charge on any atom is -0.450 e. The zero-order valence-corrected chi connectivity index (χ0v) is 17.7. The first-order chi connectivity index (χ1) is 13.8. The Balaban J connectivity index is 1.24. The van der Waals surface area contributed by atoms with Crippen LogP contribution in [0, 0.1) is 5.41 Å². The van der Waals surface area contributed by atoms with Crippen molar-refractivity contribution in [1.82, 2.24) is 14.7 Å². The predicted molar refractivity (Wildman–Crippen MR) is 105 cm³/mol. The number of hydrogen-bond acceptors (Lipinski definition) is 5. The summed E-state index contributed by atoms with van der Waals surface area (Å²) in [4.78, 5) is 18.4. The van der Waals surface area contributed by atoms with Crippen molar-refractivity contribution in [2.75, 3.05) is 53.0 Å². The number of hydrogen-bond donors (Lipinski definition) is 0. The van der Waals surface area contributed by atoms with E-state index in [0.717, 1.165) is 58.3 Å². The second kappa shape index (κ2) is 8.27. The molecule has 6 nitrogen and oxygen atoms in total. The van der Waals surface area contributed by atoms with Crippen LogP contribution in [-0.4, -0.2) is 97.9 Å². The molecular weight excluding hydrogens is 380 g/mol. The number of methoxy groups -OCH3 is 1. The average Bonchev–Trinajstić information content (AvgIpc) is 3.23. The summed E-state index contributed by atoms with van der Waals surface area (Å²) in [7, 11) is 1.59. The maximum Gasteiger partial charge on any atom is 0.409 e. The molecule has 0 aromatic rings. The maximum absolute atomic E-state index is 14.0. The van der Waals surface area contributed by atoms with Gasteiger partial charge in [-0.25, -0.2) is 13.6 Å². The van der Waals surface area contributed by atoms with Crippen LogP contribution in [0.3, 0.4) is 0 Å². The molecule has 0 aromatic heterocycles. The fourth-order valence-electron chi connectivity index (χ4n) is 6.12. The Morgan fingerprint density at radius 1 is 1.07 bits per heavy atom. The van der Waals surface area contributed by atoms with Gasteiger partial charge in [-0.3, -0.25) is 4.90 Å². The van der Waals surface area contributed by atoms with E-state index in [-0.39, 0.29) is 36.6 Å². The largest absolute Gasteiger partial charge is 0.450 e. The zero-order chi connectivity index (χ0) is 20.6. The van der Waals surface area contributed by atoms with Gasteiger partial charge in [-0.1, -0.05) is 0 Å². The number of carbonyl (C=O) groups is 1. The second-order valence-corrected chi connectivity index (χ2v) is 9.54. The Kier molecular flexibility index (Phi) is 6.06. The lowest BCUT2D eigenvalue weighted by molar-refractivity contribution is -0.0265. The highest BCUT2D eigenvalue weighted by atomic mass is 19.3. The van der Waals surface area contributed by atoms with Gasteiger partial charge in [-0.05, 0) is 57.5 Å². The van der Waals surface area contributed by atoms with Gasteiger partial charge in [-0.2, -0.15) is 0 Å². The van der Waals surface area contributed by atoms with Crippen LogP contribution in [0.2, 0.25) is 0 Å². The van der Waals surface area contributed by atoms with Crippen molar-refractivity contribution in [2.45, 2.75) is 69.5 Å². The van der Waals surface area contributed by atoms with Crippen LogP contribution < -0.4 is 0 Å². The Labute approximate surface area is 172 Å². The Hall–Kier alpha value is -0.990. The van der Waals surface area contributed by atoms with Gasteiger partial charge in [0.25, 0.3) is 5.92 Å². The van der Waals surface area contributed by atoms with Gasteiger partial charge in [0, 0.05) is 44.7 Å². The monoisotopic (exact) mass is 415 g/mol. The van der Waals surface area contributed by atoms with E-state index >= 15 is 0 Å². The maximum atomic E-state index is 14.0. The van der Waals surface area contributed by atoms with Gasteiger partial charge in [0.2, 0.25) is 0 Å². The van der Waals surface area contributed by atoms with E-state index in [2.05, 4.69) is 4.90 Å². The van der Waals surface area contributed by atoms with Crippen molar-refractivity contribution >= 4 is 6.09 Å². The molecule has 4 rings (SSSR count). The third kappa shape index (κ3) is 4.39. The van der Waals surface area contributed by atoms with Crippen LogP contribution in [0.4, 0.5) is 13.6 Å². The van der Waals surface area contributed by atoms with Crippen LogP contribution in [-0.2, 0) is 9.47 Å². The number of ether oxygens (including phenoxy) is 2. The highest BCUT2D eigenvalue weighted by molar-refractivity contribution is 5.68. The highest BCUT2D eigenvalue weighted by Crippen LogP contribution is 2.50. The molecule has 1 amide bonds. The predicted octanol–water partition coefficient (Wildman–Crippen LogP) is 2.82. The zero-order valence-electron chi connectivity index (χ0n) is 17.7. The summed E-state index contributed by atoms with van der Waals surface area (Å²) in [6.07, 6.45) is 5.00. The summed E-state index contributed by atoms with van der Waals surface area (Å²) >= 11 is 0. The molecule has 1 spiro atoms. The first kappa shape index (κ1) is 21.2. The molecule has 3 saturated heterocycles. The SMILES string of the molecule is CCOC(=O)N1CCC2(CC(N3CCC(N4CC(F)(F)CC4COC)CC3)C2)C1. The van der Waals surface area contributed by atoms with E-state index in [4.69, 9.17) is 9.47 Å². The normalized spacial score (nSPS) is 35.9. The topological polar surface area (TPSA) is 45.2 Å². The molecule has 29 heavy (non-hydrogen) atoms. The van der Waals surface area contributed by atoms with E-state index in [1.165, 1.54) is 0 Å². The first-order valence-electron chi connectivity index (χ1n) is 11.1. The quantitative estimate of drug-likeness (QED) is 0.691. The number of likely N-dealkylation sites (tertiary alicyclic amines) is 3. The van der Waals surface area contributed by atoms with E-state index in [1.807, 2.05) is 16.7 Å². The lowest BCUT2D eigenvalue weighted by Gasteiger charge is -2.52. The van der Waals surface area contributed by atoms with Crippen molar-refractivity contribution < 1.29 is 23.0 Å². The summed E-state index contributed by atoms with van der Waals surface area (Å²) in [5, 5.41) is 0. The van der Waals surface area contributed by atoms with Crippen LogP contribution >= 0.6 is 0 Å². The van der Waals surface area contributed by atoms with Crippen LogP contribution in [0.15, 0.2) is 0 Å². The molecular formula is C21H35F2N3O3. The highest BCUT2D eigenvalue weighted by Gasteiger charge is 2.52. The molecule has 3 heterocycles. The summed E-state index contributed by atoms with van der Waals surface area (Å²) < 4.78 is 38.2. The Morgan fingerprint density at radius 2 is 1.79 bits per heavy atom. The molecule has 0 N–H and O–H groups in total. The molecule has 4 fully saturated rings. The molecule has 4 aliphatic rings. The first-order valence-corrected chi connectivity index (χ1v) is 11.1. The van der Waals surface area contributed by atoms with E-state index in [0.29, 0.717) is 19.3 Å². The number of nitrogens with zero attached hydrogens (tertiary/aromatic N) is 3. The van der Waals surface area contributed by atoms with Gasteiger partial charge in [0.1, 0.15) is 0 Å². The third-order valence-corrected chi connectivity index (χ3v) is 7.56. The molecule has 0 radical (unpaired) electrons. The standard InChI is InChI=1S/C21H35F2N3O3/c1-3-29-19(27)25-9-6-20(14-25)10-17(11-20)24-7-4-16(5-8-24)26-15-21(22,23)12-18(26)13-28-2/h16-18H,3-15H2,1-2H3. The fourth-order valence-corrected chi connectivity index (χ4v) is 6.12. The smallest absolute Gasteiger partial charge is 0.409 e. The van der Waals surface area contributed by atoms with Crippen molar-refractivity contribution in [1.29, 1.82) is 0 Å². The molecule has 1 aliphatic carbocycles. The van der Waals surface area contributed by atoms with Crippen molar-refractivity contribution in [3.05, 3.63) is 0 Å². The van der Waals surface area contributed by atoms with Crippen molar-refractivity contribution in [3.63, 3.8) is 0 Å². The fraction of sp³-hybridized carbons (Fsp3) is 0.952. The third-order valence-electron chi connectivity index (χ3n) is 7.56. The Morgan fingerprint density at radius 3 is 2.45 bits per heavy atom. The molecule has 1 unspecified atom stereocenters. The van der Waals surface area contributed by atoms with E-state index in [9.17, 15) is 13.6 Å². The van der Waals surface area contributed by atoms with Gasteiger partial charge in [0.15, 0.2) is 0 Å². The van der Waals surface area contributed by atoms with Gasteiger partial charge in [0.05, 0.1) is 19.8 Å². The minimum absolute atomic E-state index is 0.0802. The minimum atomic E-state index is -2.59. The number of piperidine rings is 1. The molecule has 3 aliphatic heterocycles. The molecule has 0 aromatic carbocycles. The molecule has 0 bridgehead atoms. The van der Waals surface area contributed by atoms with Gasteiger partial charge < -0.3 is 19.3 Å². The molecule has 1 atom stereocenters. The molecule has 166 valence electrons. The van der Waals surface area contributed by atoms with Crippen LogP contribution in [0.25, 0.3) is 0 Å². The van der Waals surface area contributed by atoms with Crippen molar-refractivity contribution in [2.24, 2.45) is 5.41 Å². The van der Waals surface area contributed by atoms with Crippen LogP contribution in [0.5, 0.6) is 0 Å². The van der Waals surface area contributed by atoms with E-state index in [1.54, 1.807) is 7.11 Å². The lowest BCUT2D eigenvalue weighted by Crippen LogP contribution is -2.56. The van der Waals surface area contributed by atoms with Crippen LogP contribution in [0.1, 0.15) is 45.4 Å². The van der Waals surface area contributed by atoms with Gasteiger partial charge >= 0.3 is 6.09 Å². The number of rotatable bonds is 5.